The number of hydrogen-bond acceptors (Lipinski definition) is 4. The van der Waals surface area contributed by atoms with E-state index in [0.29, 0.717) is 17.8 Å². The Kier molecular flexibility index (Phi) is 5.33. The van der Waals surface area contributed by atoms with Gasteiger partial charge in [0.25, 0.3) is 5.91 Å². The number of carbonyl (C=O) groups excluding carboxylic acids is 1. The van der Waals surface area contributed by atoms with Crippen LogP contribution in [0, 0.1) is 6.92 Å². The molecule has 1 atom stereocenters. The van der Waals surface area contributed by atoms with Crippen LogP contribution < -0.4 is 15.4 Å². The number of benzene rings is 1. The molecular weight excluding hydrogens is 278 g/mol. The van der Waals surface area contributed by atoms with E-state index in [1.807, 2.05) is 45.0 Å². The number of pyridine rings is 1. The first-order chi connectivity index (χ1) is 10.5. The van der Waals surface area contributed by atoms with Crippen molar-refractivity contribution in [1.82, 2.24) is 15.6 Å². The van der Waals surface area contributed by atoms with Gasteiger partial charge < -0.3 is 15.4 Å². The minimum absolute atomic E-state index is 0.0903. The molecule has 0 spiro atoms. The molecular formula is C17H23N3O2. The zero-order chi connectivity index (χ0) is 16.1. The molecule has 118 valence electrons. The van der Waals surface area contributed by atoms with E-state index < -0.39 is 0 Å². The predicted octanol–water partition coefficient (Wildman–Crippen LogP) is 2.28. The number of nitrogens with zero attached hydrogens (tertiary/aromatic N) is 1. The maximum Gasteiger partial charge on any atom is 0.253 e. The zero-order valence-electron chi connectivity index (χ0n) is 13.6. The zero-order valence-corrected chi connectivity index (χ0v) is 13.6. The van der Waals surface area contributed by atoms with E-state index in [9.17, 15) is 4.79 Å². The predicted molar refractivity (Wildman–Crippen MR) is 88.5 cm³/mol. The van der Waals surface area contributed by atoms with Gasteiger partial charge in [-0.25, -0.2) is 0 Å². The fourth-order valence-corrected chi connectivity index (χ4v) is 2.36. The van der Waals surface area contributed by atoms with Crippen LogP contribution in [0.3, 0.4) is 0 Å². The summed E-state index contributed by atoms with van der Waals surface area (Å²) in [7, 11) is 1.63. The largest absolute Gasteiger partial charge is 0.497 e. The van der Waals surface area contributed by atoms with Crippen LogP contribution in [-0.4, -0.2) is 37.1 Å². The van der Waals surface area contributed by atoms with Crippen LogP contribution in [0.25, 0.3) is 10.9 Å². The van der Waals surface area contributed by atoms with Gasteiger partial charge in [0.05, 0.1) is 23.9 Å². The Bertz CT molecular complexity index is 670. The molecule has 0 aliphatic heterocycles. The lowest BCUT2D eigenvalue weighted by Gasteiger charge is -2.14. The van der Waals surface area contributed by atoms with E-state index in [1.54, 1.807) is 7.11 Å². The van der Waals surface area contributed by atoms with Gasteiger partial charge in [0.1, 0.15) is 5.75 Å². The summed E-state index contributed by atoms with van der Waals surface area (Å²) in [5.74, 6) is 0.670. The van der Waals surface area contributed by atoms with Crippen molar-refractivity contribution in [3.63, 3.8) is 0 Å². The van der Waals surface area contributed by atoms with Crippen molar-refractivity contribution in [2.45, 2.75) is 26.8 Å². The highest BCUT2D eigenvalue weighted by Gasteiger charge is 2.12. The van der Waals surface area contributed by atoms with Crippen LogP contribution in [0.1, 0.15) is 29.9 Å². The number of amides is 1. The maximum atomic E-state index is 12.3. The summed E-state index contributed by atoms with van der Waals surface area (Å²) in [6, 6.07) is 7.78. The molecule has 1 aromatic carbocycles. The summed E-state index contributed by atoms with van der Waals surface area (Å²) in [6.07, 6.45) is 0. The Morgan fingerprint density at radius 3 is 2.82 bits per heavy atom. The van der Waals surface area contributed by atoms with Crippen LogP contribution in [0.2, 0.25) is 0 Å². The smallest absolute Gasteiger partial charge is 0.253 e. The summed E-state index contributed by atoms with van der Waals surface area (Å²) in [5, 5.41) is 7.14. The van der Waals surface area contributed by atoms with Crippen LogP contribution >= 0.6 is 0 Å². The van der Waals surface area contributed by atoms with Crippen molar-refractivity contribution in [3.05, 3.63) is 35.5 Å². The molecule has 0 aliphatic rings. The summed E-state index contributed by atoms with van der Waals surface area (Å²) in [6.45, 7) is 7.41. The van der Waals surface area contributed by atoms with Crippen molar-refractivity contribution in [3.8, 4) is 5.75 Å². The summed E-state index contributed by atoms with van der Waals surface area (Å²) >= 11 is 0. The van der Waals surface area contributed by atoms with E-state index in [0.717, 1.165) is 23.2 Å². The number of fused-ring (bicyclic) bond motifs is 1. The number of aryl methyl sites for hydroxylation is 1. The first kappa shape index (κ1) is 16.2. The van der Waals surface area contributed by atoms with Crippen molar-refractivity contribution in [1.29, 1.82) is 0 Å². The summed E-state index contributed by atoms with van der Waals surface area (Å²) in [4.78, 5) is 16.8. The monoisotopic (exact) mass is 301 g/mol. The average Bonchev–Trinajstić information content (AvgIpc) is 2.51. The number of methoxy groups -OCH3 is 1. The summed E-state index contributed by atoms with van der Waals surface area (Å²) in [5.41, 5.74) is 2.16. The van der Waals surface area contributed by atoms with Gasteiger partial charge >= 0.3 is 0 Å². The Morgan fingerprint density at radius 2 is 2.14 bits per heavy atom. The molecule has 1 amide bonds. The van der Waals surface area contributed by atoms with Crippen LogP contribution in [-0.2, 0) is 0 Å². The second-order valence-electron chi connectivity index (χ2n) is 5.35. The van der Waals surface area contributed by atoms with Gasteiger partial charge in [-0.05, 0) is 38.6 Å². The molecule has 2 N–H and O–H groups in total. The molecule has 0 unspecified atom stereocenters. The minimum Gasteiger partial charge on any atom is -0.497 e. The standard InChI is InChI=1S/C17H23N3O2/c1-5-18-11(2)10-19-17(21)15-8-13-6-7-14(22-4)9-16(13)20-12(15)3/h6-9,11,18H,5,10H2,1-4H3,(H,19,21)/t11-/m1/s1. The fraction of sp³-hybridized carbons (Fsp3) is 0.412. The number of ether oxygens (including phenoxy) is 1. The molecule has 2 aromatic rings. The van der Waals surface area contributed by atoms with Gasteiger partial charge in [-0.1, -0.05) is 6.92 Å². The quantitative estimate of drug-likeness (QED) is 0.859. The van der Waals surface area contributed by atoms with Crippen LogP contribution in [0.15, 0.2) is 24.3 Å². The third-order valence-electron chi connectivity index (χ3n) is 3.58. The molecule has 0 aliphatic carbocycles. The highest BCUT2D eigenvalue weighted by molar-refractivity contribution is 5.98. The minimum atomic E-state index is -0.0903. The van der Waals surface area contributed by atoms with E-state index in [-0.39, 0.29) is 11.9 Å². The van der Waals surface area contributed by atoms with Crippen molar-refractivity contribution < 1.29 is 9.53 Å². The highest BCUT2D eigenvalue weighted by atomic mass is 16.5. The third kappa shape index (κ3) is 3.74. The molecule has 0 fully saturated rings. The molecule has 1 heterocycles. The second-order valence-corrected chi connectivity index (χ2v) is 5.35. The van der Waals surface area contributed by atoms with E-state index in [4.69, 9.17) is 4.74 Å². The van der Waals surface area contributed by atoms with Gasteiger partial charge in [0.2, 0.25) is 0 Å². The molecule has 0 saturated carbocycles. The first-order valence-corrected chi connectivity index (χ1v) is 7.52. The third-order valence-corrected chi connectivity index (χ3v) is 3.58. The van der Waals surface area contributed by atoms with Crippen molar-refractivity contribution in [2.24, 2.45) is 0 Å². The first-order valence-electron chi connectivity index (χ1n) is 7.52. The second kappa shape index (κ2) is 7.22. The van der Waals surface area contributed by atoms with Crippen molar-refractivity contribution in [2.75, 3.05) is 20.2 Å². The van der Waals surface area contributed by atoms with Crippen LogP contribution in [0.4, 0.5) is 0 Å². The normalized spacial score (nSPS) is 12.2. The SMILES string of the molecule is CCN[C@H](C)CNC(=O)c1cc2ccc(OC)cc2nc1C. The molecule has 22 heavy (non-hydrogen) atoms. The molecule has 5 nitrogen and oxygen atoms in total. The lowest BCUT2D eigenvalue weighted by Crippen LogP contribution is -2.39. The van der Waals surface area contributed by atoms with Gasteiger partial charge in [0, 0.05) is 24.0 Å². The van der Waals surface area contributed by atoms with Gasteiger partial charge in [-0.15, -0.1) is 0 Å². The van der Waals surface area contributed by atoms with E-state index in [1.165, 1.54) is 0 Å². The number of likely N-dealkylation sites (N-methyl/N-ethyl adjacent to an activating group) is 1. The number of hydrogen-bond donors (Lipinski definition) is 2. The topological polar surface area (TPSA) is 63.2 Å². The maximum absolute atomic E-state index is 12.3. The van der Waals surface area contributed by atoms with Crippen molar-refractivity contribution >= 4 is 16.8 Å². The highest BCUT2D eigenvalue weighted by Crippen LogP contribution is 2.21. The molecule has 5 heteroatoms. The lowest BCUT2D eigenvalue weighted by atomic mass is 10.1. The van der Waals surface area contributed by atoms with E-state index in [2.05, 4.69) is 15.6 Å². The molecule has 0 bridgehead atoms. The van der Waals surface area contributed by atoms with E-state index >= 15 is 0 Å². The number of aromatic nitrogens is 1. The molecule has 2 rings (SSSR count). The Hall–Kier alpha value is -2.14. The van der Waals surface area contributed by atoms with Gasteiger partial charge in [-0.3, -0.25) is 9.78 Å². The number of nitrogens with one attached hydrogen (secondary N) is 2. The summed E-state index contributed by atoms with van der Waals surface area (Å²) < 4.78 is 5.20. The lowest BCUT2D eigenvalue weighted by molar-refractivity contribution is 0.0949. The molecule has 0 saturated heterocycles. The van der Waals surface area contributed by atoms with Crippen LogP contribution in [0.5, 0.6) is 5.75 Å². The average molecular weight is 301 g/mol. The fourth-order valence-electron chi connectivity index (χ4n) is 2.36. The van der Waals surface area contributed by atoms with Gasteiger partial charge in [0.15, 0.2) is 0 Å². The Labute approximate surface area is 131 Å². The number of carbonyl (C=O) groups is 1. The Morgan fingerprint density at radius 1 is 1.36 bits per heavy atom. The number of rotatable bonds is 6. The Balaban J connectivity index is 2.20. The van der Waals surface area contributed by atoms with Gasteiger partial charge in [-0.2, -0.15) is 0 Å². The molecule has 1 aromatic heterocycles. The molecule has 0 radical (unpaired) electrons.